The summed E-state index contributed by atoms with van der Waals surface area (Å²) < 4.78 is 65.6. The topological polar surface area (TPSA) is 127 Å². The molecule has 0 aliphatic rings. The Morgan fingerprint density at radius 3 is 1.84 bits per heavy atom. The third-order valence-corrected chi connectivity index (χ3v) is 9.46. The average Bonchev–Trinajstić information content (AvgIpc) is 3.19. The fourth-order valence-electron chi connectivity index (χ4n) is 4.58. The molecule has 0 saturated heterocycles. The third kappa shape index (κ3) is 13.3. The molecule has 8 nitrogen and oxygen atoms in total. The van der Waals surface area contributed by atoms with Gasteiger partial charge in [0.25, 0.3) is 20.2 Å². The zero-order valence-corrected chi connectivity index (χ0v) is 25.3. The van der Waals surface area contributed by atoms with E-state index in [2.05, 4.69) is 11.9 Å². The van der Waals surface area contributed by atoms with E-state index < -0.39 is 20.2 Å². The largest absolute Gasteiger partial charge is 0.319 e. The summed E-state index contributed by atoms with van der Waals surface area (Å²) in [7, 11) is -8.37. The van der Waals surface area contributed by atoms with Crippen molar-refractivity contribution in [3.8, 4) is 0 Å². The summed E-state index contributed by atoms with van der Waals surface area (Å²) in [4.78, 5) is 4.45. The van der Waals surface area contributed by atoms with Crippen molar-refractivity contribution in [2.45, 2.75) is 126 Å². The first kappa shape index (κ1) is 33.1. The Morgan fingerprint density at radius 2 is 1.32 bits per heavy atom. The molecule has 0 radical (unpaired) electrons. The summed E-state index contributed by atoms with van der Waals surface area (Å²) in [5.41, 5.74) is 1.20. The van der Waals surface area contributed by atoms with Crippen LogP contribution in [-0.4, -0.2) is 47.0 Å². The normalized spacial score (nSPS) is 12.5. The van der Waals surface area contributed by atoms with E-state index in [0.717, 1.165) is 23.8 Å². The minimum absolute atomic E-state index is 0.201. The van der Waals surface area contributed by atoms with Crippen molar-refractivity contribution in [3.05, 3.63) is 18.2 Å². The summed E-state index contributed by atoms with van der Waals surface area (Å²) >= 11 is 1.61. The van der Waals surface area contributed by atoms with E-state index in [0.29, 0.717) is 24.0 Å². The number of rotatable bonds is 22. The van der Waals surface area contributed by atoms with Crippen molar-refractivity contribution in [2.24, 2.45) is 0 Å². The predicted octanol–water partition coefficient (Wildman–Crippen LogP) is 7.52. The number of aryl methyl sites for hydroxylation is 1. The molecule has 11 heteroatoms. The van der Waals surface area contributed by atoms with Crippen LogP contribution in [-0.2, 0) is 26.8 Å². The molecule has 0 saturated carbocycles. The van der Waals surface area contributed by atoms with E-state index in [9.17, 15) is 21.4 Å². The maximum atomic E-state index is 11.6. The predicted molar refractivity (Wildman–Crippen MR) is 156 cm³/mol. The highest BCUT2D eigenvalue weighted by molar-refractivity contribution is 7.99. The van der Waals surface area contributed by atoms with Crippen LogP contribution in [0.5, 0.6) is 0 Å². The lowest BCUT2D eigenvalue weighted by molar-refractivity contribution is 0.476. The van der Waals surface area contributed by atoms with E-state index in [1.165, 1.54) is 89.2 Å². The van der Waals surface area contributed by atoms with E-state index in [-0.39, 0.29) is 17.1 Å². The maximum Gasteiger partial charge on any atom is 0.294 e. The standard InChI is InChI=1S/C27H46N2O6S3/c1-2-3-4-5-6-7-8-9-10-11-12-13-14-16-21-36-27-28-25-19-18-24(38(33,34)35)23-26(25)29(27)20-15-17-22-37(30,31)32/h18-19,23H,2-17,20-22H2,1H3,(H,30,31,32)(H,33,34,35). The van der Waals surface area contributed by atoms with Crippen LogP contribution < -0.4 is 0 Å². The van der Waals surface area contributed by atoms with Gasteiger partial charge in [0, 0.05) is 12.3 Å². The lowest BCUT2D eigenvalue weighted by Gasteiger charge is -2.09. The lowest BCUT2D eigenvalue weighted by Crippen LogP contribution is -2.07. The van der Waals surface area contributed by atoms with Gasteiger partial charge in [-0.05, 0) is 37.5 Å². The van der Waals surface area contributed by atoms with Gasteiger partial charge in [0.1, 0.15) is 0 Å². The molecular formula is C27H46N2O6S3. The Bertz CT molecular complexity index is 1160. The van der Waals surface area contributed by atoms with Crippen molar-refractivity contribution in [3.63, 3.8) is 0 Å². The molecule has 0 amide bonds. The molecule has 1 heterocycles. The number of hydrogen-bond donors (Lipinski definition) is 2. The molecule has 218 valence electrons. The van der Waals surface area contributed by atoms with Crippen molar-refractivity contribution in [2.75, 3.05) is 11.5 Å². The lowest BCUT2D eigenvalue weighted by atomic mass is 10.0. The number of thioether (sulfide) groups is 1. The Kier molecular flexibility index (Phi) is 15.3. The molecule has 1 aromatic carbocycles. The summed E-state index contributed by atoms with van der Waals surface area (Å²) in [5.74, 6) is 0.564. The van der Waals surface area contributed by atoms with Crippen LogP contribution in [0.25, 0.3) is 11.0 Å². The van der Waals surface area contributed by atoms with E-state index in [1.54, 1.807) is 17.8 Å². The van der Waals surface area contributed by atoms with Gasteiger partial charge in [-0.25, -0.2) is 4.98 Å². The molecule has 2 rings (SSSR count). The molecule has 0 aliphatic heterocycles. The SMILES string of the molecule is CCCCCCCCCCCCCCCCSc1nc2ccc(S(=O)(=O)O)cc2n1CCCCS(=O)(=O)O. The second-order valence-electron chi connectivity index (χ2n) is 10.1. The molecule has 0 atom stereocenters. The minimum atomic E-state index is -4.35. The summed E-state index contributed by atoms with van der Waals surface area (Å²) in [6.45, 7) is 2.69. The molecule has 2 aromatic rings. The van der Waals surface area contributed by atoms with E-state index >= 15 is 0 Å². The summed E-state index contributed by atoms with van der Waals surface area (Å²) in [6, 6.07) is 4.30. The second kappa shape index (κ2) is 17.5. The van der Waals surface area contributed by atoms with Gasteiger partial charge >= 0.3 is 0 Å². The molecule has 0 aliphatic carbocycles. The molecule has 2 N–H and O–H groups in total. The molecule has 0 unspecified atom stereocenters. The molecule has 0 fully saturated rings. The van der Waals surface area contributed by atoms with Gasteiger partial charge in [-0.15, -0.1) is 0 Å². The molecule has 1 aromatic heterocycles. The minimum Gasteiger partial charge on any atom is -0.319 e. The van der Waals surface area contributed by atoms with Gasteiger partial charge in [0.15, 0.2) is 5.16 Å². The number of fused-ring (bicyclic) bond motifs is 1. The van der Waals surface area contributed by atoms with E-state index in [4.69, 9.17) is 4.55 Å². The zero-order valence-electron chi connectivity index (χ0n) is 22.8. The fourth-order valence-corrected chi connectivity index (χ4v) is 6.69. The number of aromatic nitrogens is 2. The Balaban J connectivity index is 1.75. The van der Waals surface area contributed by atoms with Crippen molar-refractivity contribution in [1.29, 1.82) is 0 Å². The Morgan fingerprint density at radius 1 is 0.763 bits per heavy atom. The second-order valence-corrected chi connectivity index (χ2v) is 14.2. The highest BCUT2D eigenvalue weighted by atomic mass is 32.2. The maximum absolute atomic E-state index is 11.6. The van der Waals surface area contributed by atoms with Gasteiger partial charge in [0.05, 0.1) is 21.7 Å². The number of benzene rings is 1. The molecule has 0 bridgehead atoms. The number of nitrogens with zero attached hydrogens (tertiary/aromatic N) is 2. The fraction of sp³-hybridized carbons (Fsp3) is 0.741. The van der Waals surface area contributed by atoms with Gasteiger partial charge in [-0.2, -0.15) is 16.8 Å². The Labute approximate surface area is 233 Å². The monoisotopic (exact) mass is 590 g/mol. The molecule has 0 spiro atoms. The molecular weight excluding hydrogens is 545 g/mol. The van der Waals surface area contributed by atoms with Gasteiger partial charge in [-0.3, -0.25) is 9.11 Å². The van der Waals surface area contributed by atoms with Crippen LogP contribution in [0, 0.1) is 0 Å². The number of hydrogen-bond acceptors (Lipinski definition) is 6. The smallest absolute Gasteiger partial charge is 0.294 e. The van der Waals surface area contributed by atoms with Gasteiger partial charge < -0.3 is 4.57 Å². The number of imidazole rings is 1. The number of unbranched alkanes of at least 4 members (excludes halogenated alkanes) is 14. The molecule has 38 heavy (non-hydrogen) atoms. The van der Waals surface area contributed by atoms with Crippen LogP contribution in [0.2, 0.25) is 0 Å². The van der Waals surface area contributed by atoms with Crippen molar-refractivity contribution in [1.82, 2.24) is 9.55 Å². The van der Waals surface area contributed by atoms with Gasteiger partial charge in [-0.1, -0.05) is 102 Å². The van der Waals surface area contributed by atoms with Crippen molar-refractivity contribution < 1.29 is 25.9 Å². The first-order chi connectivity index (χ1) is 18.1. The van der Waals surface area contributed by atoms with Crippen LogP contribution in [0.1, 0.15) is 110 Å². The third-order valence-electron chi connectivity index (χ3n) is 6.75. The summed E-state index contributed by atoms with van der Waals surface area (Å²) in [6.07, 6.45) is 19.0. The van der Waals surface area contributed by atoms with E-state index in [1.807, 2.05) is 4.57 Å². The van der Waals surface area contributed by atoms with Crippen LogP contribution in [0.3, 0.4) is 0 Å². The zero-order chi connectivity index (χ0) is 27.9. The van der Waals surface area contributed by atoms with Crippen molar-refractivity contribution >= 4 is 43.0 Å². The first-order valence-corrected chi connectivity index (χ1v) is 18.2. The van der Waals surface area contributed by atoms with Crippen LogP contribution in [0.15, 0.2) is 28.3 Å². The van der Waals surface area contributed by atoms with Crippen LogP contribution >= 0.6 is 11.8 Å². The van der Waals surface area contributed by atoms with Crippen LogP contribution in [0.4, 0.5) is 0 Å². The highest BCUT2D eigenvalue weighted by Crippen LogP contribution is 2.28. The van der Waals surface area contributed by atoms with Gasteiger partial charge in [0.2, 0.25) is 0 Å². The first-order valence-electron chi connectivity index (χ1n) is 14.2. The average molecular weight is 591 g/mol. The Hall–Kier alpha value is -1.14. The summed E-state index contributed by atoms with van der Waals surface area (Å²) in [5, 5.41) is 0.744. The highest BCUT2D eigenvalue weighted by Gasteiger charge is 2.16. The quantitative estimate of drug-likeness (QED) is 0.0819.